The summed E-state index contributed by atoms with van der Waals surface area (Å²) in [6.45, 7) is 7.28. The summed E-state index contributed by atoms with van der Waals surface area (Å²) in [6.07, 6.45) is 1.66. The van der Waals surface area contributed by atoms with Crippen LogP contribution in [-0.4, -0.2) is 82.2 Å². The zero-order valence-corrected chi connectivity index (χ0v) is 20.9. The summed E-state index contributed by atoms with van der Waals surface area (Å²) >= 11 is 5.98. The summed E-state index contributed by atoms with van der Waals surface area (Å²) in [5, 5.41) is 11.2. The van der Waals surface area contributed by atoms with Crippen LogP contribution in [0, 0.1) is 12.8 Å². The van der Waals surface area contributed by atoms with Gasteiger partial charge in [-0.1, -0.05) is 11.6 Å². The molecule has 1 aromatic carbocycles. The Hall–Kier alpha value is -3.17. The van der Waals surface area contributed by atoms with Crippen molar-refractivity contribution in [1.82, 2.24) is 30.0 Å². The number of benzene rings is 1. The highest BCUT2D eigenvalue weighted by Crippen LogP contribution is 2.25. The van der Waals surface area contributed by atoms with Gasteiger partial charge < -0.3 is 20.0 Å². The number of carbonyl (C=O) groups is 1. The van der Waals surface area contributed by atoms with E-state index in [1.165, 1.54) is 0 Å². The fourth-order valence-corrected chi connectivity index (χ4v) is 4.79. The van der Waals surface area contributed by atoms with Crippen molar-refractivity contribution in [2.75, 3.05) is 56.5 Å². The van der Waals surface area contributed by atoms with Gasteiger partial charge in [-0.25, -0.2) is 9.97 Å². The third kappa shape index (κ3) is 5.74. The van der Waals surface area contributed by atoms with E-state index in [2.05, 4.69) is 32.4 Å². The molecular formula is C25H31ClN8O. The van der Waals surface area contributed by atoms with Crippen LogP contribution in [0.15, 0.2) is 36.4 Å². The standard InChI is InChI=1S/C25H31ClN8O/c1-17-13-23(31-30-17)28-22-15-24(33-11-9-32(2)10-12-33)29-21(27-22)14-18-7-8-34(16-18)25(35)19-3-5-20(26)6-4-19/h3-6,13,15,18H,7-12,14,16H2,1-2H3,(H2,27,28,29,30,31)/t18-/m1/s1. The Morgan fingerprint density at radius 2 is 1.86 bits per heavy atom. The summed E-state index contributed by atoms with van der Waals surface area (Å²) in [5.41, 5.74) is 1.65. The van der Waals surface area contributed by atoms with Crippen LogP contribution in [-0.2, 0) is 6.42 Å². The number of aryl methyl sites for hydroxylation is 1. The van der Waals surface area contributed by atoms with E-state index in [0.717, 1.165) is 74.5 Å². The van der Waals surface area contributed by atoms with E-state index >= 15 is 0 Å². The second-order valence-corrected chi connectivity index (χ2v) is 9.93. The minimum absolute atomic E-state index is 0.0486. The zero-order valence-electron chi connectivity index (χ0n) is 20.2. The number of carbonyl (C=O) groups excluding carboxylic acids is 1. The number of H-pyrrole nitrogens is 1. The Bertz CT molecular complexity index is 1170. The summed E-state index contributed by atoms with van der Waals surface area (Å²) in [4.78, 5) is 29.2. The van der Waals surface area contributed by atoms with Crippen LogP contribution in [0.1, 0.15) is 28.3 Å². The number of piperazine rings is 1. The van der Waals surface area contributed by atoms with Gasteiger partial charge in [0.15, 0.2) is 5.82 Å². The van der Waals surface area contributed by atoms with Crippen molar-refractivity contribution >= 4 is 35.0 Å². The van der Waals surface area contributed by atoms with E-state index in [4.69, 9.17) is 21.6 Å². The Morgan fingerprint density at radius 3 is 2.57 bits per heavy atom. The highest BCUT2D eigenvalue weighted by molar-refractivity contribution is 6.30. The average Bonchev–Trinajstić information content (AvgIpc) is 3.48. The van der Waals surface area contributed by atoms with Crippen LogP contribution in [0.5, 0.6) is 0 Å². The van der Waals surface area contributed by atoms with Gasteiger partial charge in [-0.15, -0.1) is 0 Å². The maximum atomic E-state index is 12.9. The first-order valence-corrected chi connectivity index (χ1v) is 12.5. The number of likely N-dealkylation sites (tertiary alicyclic amines) is 1. The lowest BCUT2D eigenvalue weighted by Gasteiger charge is -2.33. The van der Waals surface area contributed by atoms with Crippen molar-refractivity contribution in [3.05, 3.63) is 58.5 Å². The fraction of sp³-hybridized carbons (Fsp3) is 0.440. The summed E-state index contributed by atoms with van der Waals surface area (Å²) in [6, 6.07) is 11.0. The lowest BCUT2D eigenvalue weighted by Crippen LogP contribution is -2.45. The number of hydrogen-bond donors (Lipinski definition) is 2. The SMILES string of the molecule is Cc1cc(Nc2cc(N3CCN(C)CC3)nc(C[C@H]3CCN(C(=O)c4ccc(Cl)cc4)C3)n2)n[nH]1. The average molecular weight is 495 g/mol. The molecule has 3 aromatic rings. The third-order valence-corrected chi connectivity index (χ3v) is 6.94. The molecule has 4 heterocycles. The number of amides is 1. The van der Waals surface area contributed by atoms with Gasteiger partial charge in [-0.2, -0.15) is 5.10 Å². The largest absolute Gasteiger partial charge is 0.354 e. The topological polar surface area (TPSA) is 93.3 Å². The zero-order chi connectivity index (χ0) is 24.4. The maximum absolute atomic E-state index is 12.9. The number of anilines is 3. The molecule has 2 aromatic heterocycles. The number of rotatable bonds is 6. The number of aromatic nitrogens is 4. The fourth-order valence-electron chi connectivity index (χ4n) is 4.67. The molecular weight excluding hydrogens is 464 g/mol. The molecule has 0 aliphatic carbocycles. The molecule has 9 nitrogen and oxygen atoms in total. The molecule has 10 heteroatoms. The summed E-state index contributed by atoms with van der Waals surface area (Å²) in [7, 11) is 2.15. The van der Waals surface area contributed by atoms with Crippen LogP contribution >= 0.6 is 11.6 Å². The van der Waals surface area contributed by atoms with Crippen molar-refractivity contribution in [3.8, 4) is 0 Å². The van der Waals surface area contributed by atoms with E-state index in [1.807, 2.05) is 24.0 Å². The smallest absolute Gasteiger partial charge is 0.253 e. The molecule has 2 aliphatic heterocycles. The molecule has 1 atom stereocenters. The van der Waals surface area contributed by atoms with Crippen LogP contribution < -0.4 is 10.2 Å². The van der Waals surface area contributed by atoms with E-state index < -0.39 is 0 Å². The van der Waals surface area contributed by atoms with Gasteiger partial charge in [0.05, 0.1) is 0 Å². The first-order chi connectivity index (χ1) is 16.9. The number of halogens is 1. The monoisotopic (exact) mass is 494 g/mol. The molecule has 35 heavy (non-hydrogen) atoms. The van der Waals surface area contributed by atoms with Gasteiger partial charge in [0.2, 0.25) is 0 Å². The first kappa shape index (κ1) is 23.6. The molecule has 184 valence electrons. The predicted octanol–water partition coefficient (Wildman–Crippen LogP) is 3.36. The molecule has 2 saturated heterocycles. The van der Waals surface area contributed by atoms with Crippen molar-refractivity contribution in [2.24, 2.45) is 5.92 Å². The van der Waals surface area contributed by atoms with Crippen molar-refractivity contribution in [2.45, 2.75) is 19.8 Å². The number of hydrogen-bond acceptors (Lipinski definition) is 7. The second kappa shape index (κ2) is 10.2. The van der Waals surface area contributed by atoms with Crippen molar-refractivity contribution in [1.29, 1.82) is 0 Å². The second-order valence-electron chi connectivity index (χ2n) is 9.50. The molecule has 0 unspecified atom stereocenters. The van der Waals surface area contributed by atoms with Gasteiger partial charge in [-0.3, -0.25) is 9.89 Å². The Morgan fingerprint density at radius 1 is 1.09 bits per heavy atom. The lowest BCUT2D eigenvalue weighted by atomic mass is 10.0. The molecule has 1 amide bonds. The highest BCUT2D eigenvalue weighted by Gasteiger charge is 2.28. The van der Waals surface area contributed by atoms with Gasteiger partial charge in [-0.05, 0) is 50.6 Å². The third-order valence-electron chi connectivity index (χ3n) is 6.68. The van der Waals surface area contributed by atoms with Crippen LogP contribution in [0.2, 0.25) is 5.02 Å². The molecule has 0 radical (unpaired) electrons. The van der Waals surface area contributed by atoms with E-state index in [-0.39, 0.29) is 5.91 Å². The Labute approximate surface area is 210 Å². The van der Waals surface area contributed by atoms with Crippen molar-refractivity contribution in [3.63, 3.8) is 0 Å². The van der Waals surface area contributed by atoms with Gasteiger partial charge >= 0.3 is 0 Å². The molecule has 0 saturated carbocycles. The van der Waals surface area contributed by atoms with Crippen LogP contribution in [0.25, 0.3) is 0 Å². The number of nitrogens with one attached hydrogen (secondary N) is 2. The number of nitrogens with zero attached hydrogens (tertiary/aromatic N) is 6. The van der Waals surface area contributed by atoms with Crippen molar-refractivity contribution < 1.29 is 4.79 Å². The normalized spacial score (nSPS) is 18.8. The Kier molecular flexibility index (Phi) is 6.88. The van der Waals surface area contributed by atoms with Gasteiger partial charge in [0.1, 0.15) is 17.5 Å². The summed E-state index contributed by atoms with van der Waals surface area (Å²) in [5.74, 6) is 3.56. The predicted molar refractivity (Wildman–Crippen MR) is 138 cm³/mol. The Balaban J connectivity index is 1.31. The molecule has 2 fully saturated rings. The maximum Gasteiger partial charge on any atom is 0.253 e. The molecule has 2 N–H and O–H groups in total. The van der Waals surface area contributed by atoms with E-state index in [0.29, 0.717) is 23.0 Å². The number of likely N-dealkylation sites (N-methyl/N-ethyl adjacent to an activating group) is 1. The van der Waals surface area contributed by atoms with Gasteiger partial charge in [0, 0.05) is 74.1 Å². The van der Waals surface area contributed by atoms with E-state index in [1.54, 1.807) is 24.3 Å². The quantitative estimate of drug-likeness (QED) is 0.542. The van der Waals surface area contributed by atoms with Gasteiger partial charge in [0.25, 0.3) is 5.91 Å². The van der Waals surface area contributed by atoms with Crippen LogP contribution in [0.3, 0.4) is 0 Å². The number of aromatic amines is 1. The first-order valence-electron chi connectivity index (χ1n) is 12.1. The van der Waals surface area contributed by atoms with E-state index in [9.17, 15) is 4.79 Å². The molecule has 0 spiro atoms. The molecule has 2 aliphatic rings. The minimum Gasteiger partial charge on any atom is -0.354 e. The minimum atomic E-state index is 0.0486. The summed E-state index contributed by atoms with van der Waals surface area (Å²) < 4.78 is 0. The lowest BCUT2D eigenvalue weighted by molar-refractivity contribution is 0.0787. The molecule has 0 bridgehead atoms. The highest BCUT2D eigenvalue weighted by atomic mass is 35.5. The molecule has 5 rings (SSSR count). The van der Waals surface area contributed by atoms with Crippen LogP contribution in [0.4, 0.5) is 17.5 Å².